The average Bonchev–Trinajstić information content (AvgIpc) is 2.38. The molecule has 0 aromatic heterocycles. The first kappa shape index (κ1) is 12.8. The lowest BCUT2D eigenvalue weighted by Gasteiger charge is -2.06. The van der Waals surface area contributed by atoms with Gasteiger partial charge in [-0.15, -0.1) is 0 Å². The van der Waals surface area contributed by atoms with Crippen LogP contribution in [0.25, 0.3) is 0 Å². The highest BCUT2D eigenvalue weighted by atomic mass is 79.9. The van der Waals surface area contributed by atoms with E-state index in [0.717, 1.165) is 0 Å². The molecular formula is C14H10BrFO2. The fourth-order valence-corrected chi connectivity index (χ4v) is 2.10. The number of methoxy groups -OCH3 is 1. The van der Waals surface area contributed by atoms with E-state index in [2.05, 4.69) is 15.9 Å². The van der Waals surface area contributed by atoms with Crippen molar-refractivity contribution in [3.63, 3.8) is 0 Å². The van der Waals surface area contributed by atoms with Gasteiger partial charge in [0.2, 0.25) is 0 Å². The van der Waals surface area contributed by atoms with Gasteiger partial charge in [-0.1, -0.05) is 0 Å². The number of rotatable bonds is 3. The van der Waals surface area contributed by atoms with Crippen LogP contribution >= 0.6 is 15.9 Å². The molecule has 0 atom stereocenters. The van der Waals surface area contributed by atoms with Crippen molar-refractivity contribution >= 4 is 21.7 Å². The molecule has 0 aliphatic rings. The lowest BCUT2D eigenvalue weighted by molar-refractivity contribution is 0.103. The number of carbonyl (C=O) groups is 1. The molecule has 0 spiro atoms. The minimum Gasteiger partial charge on any atom is -0.497 e. The Balaban J connectivity index is 2.37. The number of ether oxygens (including phenoxy) is 1. The van der Waals surface area contributed by atoms with E-state index >= 15 is 0 Å². The lowest BCUT2D eigenvalue weighted by atomic mass is 10.0. The summed E-state index contributed by atoms with van der Waals surface area (Å²) in [6.45, 7) is 0. The van der Waals surface area contributed by atoms with Gasteiger partial charge in [0, 0.05) is 15.6 Å². The zero-order valence-corrected chi connectivity index (χ0v) is 11.2. The van der Waals surface area contributed by atoms with Crippen LogP contribution in [0.3, 0.4) is 0 Å². The Kier molecular flexibility index (Phi) is 3.77. The number of halogens is 2. The Morgan fingerprint density at radius 3 is 2.39 bits per heavy atom. The lowest BCUT2D eigenvalue weighted by Crippen LogP contribution is -2.02. The van der Waals surface area contributed by atoms with Gasteiger partial charge in [-0.25, -0.2) is 4.39 Å². The maximum Gasteiger partial charge on any atom is 0.194 e. The Labute approximate surface area is 113 Å². The van der Waals surface area contributed by atoms with E-state index in [1.165, 1.54) is 24.3 Å². The summed E-state index contributed by atoms with van der Waals surface area (Å²) < 4.78 is 18.5. The van der Waals surface area contributed by atoms with Gasteiger partial charge in [-0.3, -0.25) is 4.79 Å². The summed E-state index contributed by atoms with van der Waals surface area (Å²) in [5.41, 5.74) is 0.963. The third-order valence-electron chi connectivity index (χ3n) is 2.53. The van der Waals surface area contributed by atoms with Gasteiger partial charge in [0.1, 0.15) is 11.6 Å². The first-order chi connectivity index (χ1) is 8.61. The van der Waals surface area contributed by atoms with Crippen LogP contribution in [0.15, 0.2) is 46.9 Å². The van der Waals surface area contributed by atoms with Crippen molar-refractivity contribution in [2.75, 3.05) is 7.11 Å². The fraction of sp³-hybridized carbons (Fsp3) is 0.0714. The predicted octanol–water partition coefficient (Wildman–Crippen LogP) is 3.83. The molecule has 0 aliphatic heterocycles. The van der Waals surface area contributed by atoms with E-state index in [0.29, 0.717) is 21.3 Å². The smallest absolute Gasteiger partial charge is 0.194 e. The number of hydrogen-bond donors (Lipinski definition) is 0. The number of carbonyl (C=O) groups excluding carboxylic acids is 1. The van der Waals surface area contributed by atoms with E-state index in [4.69, 9.17) is 4.74 Å². The molecule has 0 fully saturated rings. The topological polar surface area (TPSA) is 26.3 Å². The zero-order chi connectivity index (χ0) is 13.1. The zero-order valence-electron chi connectivity index (χ0n) is 9.61. The molecule has 0 saturated carbocycles. The second-order valence-electron chi connectivity index (χ2n) is 3.68. The number of ketones is 1. The van der Waals surface area contributed by atoms with Crippen molar-refractivity contribution in [2.45, 2.75) is 0 Å². The quantitative estimate of drug-likeness (QED) is 0.806. The second-order valence-corrected chi connectivity index (χ2v) is 4.54. The van der Waals surface area contributed by atoms with E-state index in [1.807, 2.05) is 0 Å². The molecule has 0 aliphatic carbocycles. The normalized spacial score (nSPS) is 10.2. The Morgan fingerprint density at radius 1 is 1.17 bits per heavy atom. The number of benzene rings is 2. The van der Waals surface area contributed by atoms with Crippen molar-refractivity contribution in [3.8, 4) is 5.75 Å². The first-order valence-electron chi connectivity index (χ1n) is 5.25. The summed E-state index contributed by atoms with van der Waals surface area (Å²) in [6.07, 6.45) is 0. The minimum absolute atomic E-state index is 0.162. The molecule has 2 aromatic rings. The summed E-state index contributed by atoms with van der Waals surface area (Å²) in [5, 5.41) is 0. The summed E-state index contributed by atoms with van der Waals surface area (Å²) in [5.74, 6) is 0.141. The van der Waals surface area contributed by atoms with Gasteiger partial charge in [-0.2, -0.15) is 0 Å². The highest BCUT2D eigenvalue weighted by molar-refractivity contribution is 9.10. The SMILES string of the molecule is COc1ccc(C(=O)c2ccc(F)cc2)c(Br)c1. The molecule has 0 N–H and O–H groups in total. The van der Waals surface area contributed by atoms with Crippen LogP contribution in [0, 0.1) is 5.82 Å². The standard InChI is InChI=1S/C14H10BrFO2/c1-18-11-6-7-12(13(15)8-11)14(17)9-2-4-10(16)5-3-9/h2-8H,1H3. The molecule has 18 heavy (non-hydrogen) atoms. The van der Waals surface area contributed by atoms with Crippen molar-refractivity contribution in [1.29, 1.82) is 0 Å². The van der Waals surface area contributed by atoms with Crippen LogP contribution in [-0.4, -0.2) is 12.9 Å². The summed E-state index contributed by atoms with van der Waals surface area (Å²) in [4.78, 5) is 12.2. The molecule has 0 heterocycles. The van der Waals surface area contributed by atoms with E-state index in [1.54, 1.807) is 25.3 Å². The molecule has 0 bridgehead atoms. The van der Waals surface area contributed by atoms with Crippen molar-refractivity contribution in [1.82, 2.24) is 0 Å². The molecule has 0 unspecified atom stereocenters. The van der Waals surface area contributed by atoms with Crippen LogP contribution in [0.1, 0.15) is 15.9 Å². The summed E-state index contributed by atoms with van der Waals surface area (Å²) >= 11 is 3.33. The fourth-order valence-electron chi connectivity index (χ4n) is 1.56. The molecular weight excluding hydrogens is 299 g/mol. The third-order valence-corrected chi connectivity index (χ3v) is 3.18. The largest absolute Gasteiger partial charge is 0.497 e. The second kappa shape index (κ2) is 5.31. The number of hydrogen-bond acceptors (Lipinski definition) is 2. The minimum atomic E-state index is -0.361. The van der Waals surface area contributed by atoms with Crippen LogP contribution < -0.4 is 4.74 Å². The third kappa shape index (κ3) is 2.59. The molecule has 2 nitrogen and oxygen atoms in total. The molecule has 2 rings (SSSR count). The van der Waals surface area contributed by atoms with Crippen LogP contribution in [-0.2, 0) is 0 Å². The molecule has 0 amide bonds. The highest BCUT2D eigenvalue weighted by Gasteiger charge is 2.13. The van der Waals surface area contributed by atoms with Crippen LogP contribution in [0.4, 0.5) is 4.39 Å². The maximum absolute atomic E-state index is 12.8. The molecule has 2 aromatic carbocycles. The van der Waals surface area contributed by atoms with Crippen LogP contribution in [0.5, 0.6) is 5.75 Å². The Morgan fingerprint density at radius 2 is 1.83 bits per heavy atom. The van der Waals surface area contributed by atoms with Gasteiger partial charge >= 0.3 is 0 Å². The molecule has 0 radical (unpaired) electrons. The first-order valence-corrected chi connectivity index (χ1v) is 6.05. The van der Waals surface area contributed by atoms with E-state index < -0.39 is 0 Å². The van der Waals surface area contributed by atoms with Gasteiger partial charge in [0.15, 0.2) is 5.78 Å². The van der Waals surface area contributed by atoms with Gasteiger partial charge in [-0.05, 0) is 58.4 Å². The highest BCUT2D eigenvalue weighted by Crippen LogP contribution is 2.25. The maximum atomic E-state index is 12.8. The van der Waals surface area contributed by atoms with Gasteiger partial charge in [0.25, 0.3) is 0 Å². The molecule has 92 valence electrons. The van der Waals surface area contributed by atoms with Crippen molar-refractivity contribution in [3.05, 3.63) is 63.9 Å². The van der Waals surface area contributed by atoms with Gasteiger partial charge in [0.05, 0.1) is 7.11 Å². The van der Waals surface area contributed by atoms with E-state index in [-0.39, 0.29) is 11.6 Å². The molecule has 4 heteroatoms. The average molecular weight is 309 g/mol. The van der Waals surface area contributed by atoms with Crippen LogP contribution in [0.2, 0.25) is 0 Å². The van der Waals surface area contributed by atoms with E-state index in [9.17, 15) is 9.18 Å². The van der Waals surface area contributed by atoms with Crippen molar-refractivity contribution in [2.24, 2.45) is 0 Å². The monoisotopic (exact) mass is 308 g/mol. The predicted molar refractivity (Wildman–Crippen MR) is 70.5 cm³/mol. The van der Waals surface area contributed by atoms with Gasteiger partial charge < -0.3 is 4.74 Å². The Bertz CT molecular complexity index is 579. The molecule has 0 saturated heterocycles. The van der Waals surface area contributed by atoms with Crippen molar-refractivity contribution < 1.29 is 13.9 Å². The summed E-state index contributed by atoms with van der Waals surface area (Å²) in [7, 11) is 1.56. The summed E-state index contributed by atoms with van der Waals surface area (Å²) in [6, 6.07) is 10.6. The Hall–Kier alpha value is -1.68.